The minimum Gasteiger partial charge on any atom is -0.493 e. The number of methoxy groups -OCH3 is 1. The molecule has 0 atom stereocenters. The van der Waals surface area contributed by atoms with Crippen LogP contribution in [0.1, 0.15) is 172 Å². The van der Waals surface area contributed by atoms with Crippen LogP contribution >= 0.6 is 0 Å². The van der Waals surface area contributed by atoms with Crippen LogP contribution < -0.4 is 9.47 Å². The summed E-state index contributed by atoms with van der Waals surface area (Å²) in [5.41, 5.74) is 0.485. The molecule has 1 rings (SSSR count). The lowest BCUT2D eigenvalue weighted by Crippen LogP contribution is -2.05. The van der Waals surface area contributed by atoms with E-state index in [4.69, 9.17) is 14.2 Å². The predicted molar refractivity (Wildman–Crippen MR) is 166 cm³/mol. The van der Waals surface area contributed by atoms with Crippen LogP contribution in [0.25, 0.3) is 0 Å². The molecular formula is C35H62O4. The van der Waals surface area contributed by atoms with E-state index in [-0.39, 0.29) is 5.97 Å². The molecule has 0 radical (unpaired) electrons. The molecule has 0 heterocycles. The summed E-state index contributed by atoms with van der Waals surface area (Å²) >= 11 is 0. The first kappa shape index (κ1) is 35.3. The lowest BCUT2D eigenvalue weighted by Gasteiger charge is -2.12. The van der Waals surface area contributed by atoms with Gasteiger partial charge in [-0.2, -0.15) is 0 Å². The molecular weight excluding hydrogens is 484 g/mol. The SMILES string of the molecule is CCCCCCCCCCCCCCCOc1cc(OCCCCCCCCCCCC)cc(C(=O)OC)c1. The van der Waals surface area contributed by atoms with E-state index in [9.17, 15) is 4.79 Å². The van der Waals surface area contributed by atoms with Gasteiger partial charge in [-0.25, -0.2) is 4.79 Å². The van der Waals surface area contributed by atoms with Crippen molar-refractivity contribution in [2.75, 3.05) is 20.3 Å². The molecule has 0 aliphatic rings. The smallest absolute Gasteiger partial charge is 0.338 e. The quantitative estimate of drug-likeness (QED) is 0.0774. The van der Waals surface area contributed by atoms with Crippen LogP contribution in [0.4, 0.5) is 0 Å². The monoisotopic (exact) mass is 546 g/mol. The van der Waals surface area contributed by atoms with Crippen molar-refractivity contribution < 1.29 is 19.0 Å². The number of hydrogen-bond donors (Lipinski definition) is 0. The van der Waals surface area contributed by atoms with Gasteiger partial charge in [-0.3, -0.25) is 0 Å². The van der Waals surface area contributed by atoms with Gasteiger partial charge in [0.1, 0.15) is 11.5 Å². The second kappa shape index (κ2) is 26.5. The molecule has 0 saturated heterocycles. The Bertz CT molecular complexity index is 687. The number of esters is 1. The molecule has 0 aliphatic heterocycles. The Balaban J connectivity index is 2.18. The van der Waals surface area contributed by atoms with E-state index in [1.165, 1.54) is 142 Å². The average Bonchev–Trinajstić information content (AvgIpc) is 2.95. The number of rotatable bonds is 28. The number of ether oxygens (including phenoxy) is 3. The Labute approximate surface area is 242 Å². The maximum Gasteiger partial charge on any atom is 0.338 e. The van der Waals surface area contributed by atoms with Crippen molar-refractivity contribution in [2.45, 2.75) is 162 Å². The summed E-state index contributed by atoms with van der Waals surface area (Å²) in [7, 11) is 1.41. The Morgan fingerprint density at radius 2 is 0.795 bits per heavy atom. The van der Waals surface area contributed by atoms with E-state index in [2.05, 4.69) is 13.8 Å². The second-order valence-corrected chi connectivity index (χ2v) is 11.3. The third-order valence-electron chi connectivity index (χ3n) is 7.58. The summed E-state index contributed by atoms with van der Waals surface area (Å²) in [5, 5.41) is 0. The van der Waals surface area contributed by atoms with Crippen LogP contribution in [0, 0.1) is 0 Å². The number of carbonyl (C=O) groups is 1. The molecule has 0 fully saturated rings. The van der Waals surface area contributed by atoms with Crippen LogP contribution in [-0.4, -0.2) is 26.3 Å². The summed E-state index contributed by atoms with van der Waals surface area (Å²) in [6, 6.07) is 5.44. The zero-order valence-corrected chi connectivity index (χ0v) is 26.0. The highest BCUT2D eigenvalue weighted by atomic mass is 16.5. The summed E-state index contributed by atoms with van der Waals surface area (Å²) in [6.45, 7) is 5.88. The number of hydrogen-bond acceptors (Lipinski definition) is 4. The van der Waals surface area contributed by atoms with Gasteiger partial charge in [-0.1, -0.05) is 149 Å². The van der Waals surface area contributed by atoms with Crippen molar-refractivity contribution in [1.29, 1.82) is 0 Å². The lowest BCUT2D eigenvalue weighted by molar-refractivity contribution is 0.0599. The largest absolute Gasteiger partial charge is 0.493 e. The fraction of sp³-hybridized carbons (Fsp3) is 0.800. The van der Waals surface area contributed by atoms with Crippen molar-refractivity contribution in [3.8, 4) is 11.5 Å². The van der Waals surface area contributed by atoms with Gasteiger partial charge in [0, 0.05) is 6.07 Å². The molecule has 39 heavy (non-hydrogen) atoms. The first-order valence-corrected chi connectivity index (χ1v) is 16.7. The standard InChI is InChI=1S/C35H62O4/c1-4-6-8-10-12-14-16-17-18-20-22-24-26-28-39-34-30-32(35(36)37-3)29-33(31-34)38-27-25-23-21-19-15-13-11-9-7-5-2/h29-31H,4-28H2,1-3H3. The van der Waals surface area contributed by atoms with Crippen molar-refractivity contribution in [2.24, 2.45) is 0 Å². The maximum atomic E-state index is 12.1. The van der Waals surface area contributed by atoms with Gasteiger partial charge in [-0.15, -0.1) is 0 Å². The van der Waals surface area contributed by atoms with E-state index in [0.29, 0.717) is 30.3 Å². The molecule has 1 aromatic carbocycles. The third kappa shape index (κ3) is 20.8. The second-order valence-electron chi connectivity index (χ2n) is 11.3. The first-order valence-electron chi connectivity index (χ1n) is 16.7. The highest BCUT2D eigenvalue weighted by molar-refractivity contribution is 5.90. The minimum absolute atomic E-state index is 0.356. The number of benzene rings is 1. The molecule has 0 aliphatic carbocycles. The molecule has 1 aromatic rings. The average molecular weight is 547 g/mol. The van der Waals surface area contributed by atoms with Gasteiger partial charge in [0.15, 0.2) is 0 Å². The molecule has 0 aromatic heterocycles. The predicted octanol–water partition coefficient (Wildman–Crippen LogP) is 11.2. The van der Waals surface area contributed by atoms with E-state index < -0.39 is 0 Å². The van der Waals surface area contributed by atoms with Crippen molar-refractivity contribution in [3.05, 3.63) is 23.8 Å². The van der Waals surface area contributed by atoms with E-state index in [0.717, 1.165) is 12.8 Å². The fourth-order valence-corrected chi connectivity index (χ4v) is 5.06. The van der Waals surface area contributed by atoms with E-state index in [1.807, 2.05) is 6.07 Å². The summed E-state index contributed by atoms with van der Waals surface area (Å²) in [5.74, 6) is 1.02. The van der Waals surface area contributed by atoms with Gasteiger partial charge >= 0.3 is 5.97 Å². The van der Waals surface area contributed by atoms with Crippen LogP contribution in [0.5, 0.6) is 11.5 Å². The first-order chi connectivity index (χ1) is 19.2. The molecule has 0 bridgehead atoms. The highest BCUT2D eigenvalue weighted by Crippen LogP contribution is 2.24. The Morgan fingerprint density at radius 1 is 0.487 bits per heavy atom. The minimum atomic E-state index is -0.356. The number of unbranched alkanes of at least 4 members (excludes halogenated alkanes) is 21. The van der Waals surface area contributed by atoms with Gasteiger partial charge in [0.05, 0.1) is 25.9 Å². The van der Waals surface area contributed by atoms with Crippen molar-refractivity contribution in [3.63, 3.8) is 0 Å². The number of carbonyl (C=O) groups excluding carboxylic acids is 1. The van der Waals surface area contributed by atoms with Crippen LogP contribution in [0.2, 0.25) is 0 Å². The molecule has 226 valence electrons. The zero-order chi connectivity index (χ0) is 28.2. The van der Waals surface area contributed by atoms with E-state index in [1.54, 1.807) is 12.1 Å². The fourth-order valence-electron chi connectivity index (χ4n) is 5.06. The zero-order valence-electron chi connectivity index (χ0n) is 26.0. The van der Waals surface area contributed by atoms with Gasteiger partial charge < -0.3 is 14.2 Å². The topological polar surface area (TPSA) is 44.8 Å². The molecule has 0 spiro atoms. The summed E-state index contributed by atoms with van der Waals surface area (Å²) < 4.78 is 16.9. The summed E-state index contributed by atoms with van der Waals surface area (Å²) in [6.07, 6.45) is 30.4. The maximum absolute atomic E-state index is 12.1. The normalized spacial score (nSPS) is 11.1. The Kier molecular flexibility index (Phi) is 24.0. The highest BCUT2D eigenvalue weighted by Gasteiger charge is 2.11. The van der Waals surface area contributed by atoms with Crippen LogP contribution in [-0.2, 0) is 4.74 Å². The molecule has 4 heteroatoms. The van der Waals surface area contributed by atoms with Gasteiger partial charge in [-0.05, 0) is 25.0 Å². The molecule has 0 saturated carbocycles. The molecule has 0 unspecified atom stereocenters. The lowest BCUT2D eigenvalue weighted by atomic mass is 10.0. The van der Waals surface area contributed by atoms with E-state index >= 15 is 0 Å². The molecule has 0 amide bonds. The Hall–Kier alpha value is -1.71. The van der Waals surface area contributed by atoms with Crippen LogP contribution in [0.15, 0.2) is 18.2 Å². The van der Waals surface area contributed by atoms with Crippen molar-refractivity contribution in [1.82, 2.24) is 0 Å². The molecule has 0 N–H and O–H groups in total. The van der Waals surface area contributed by atoms with Crippen molar-refractivity contribution >= 4 is 5.97 Å². The Morgan fingerprint density at radius 3 is 1.10 bits per heavy atom. The molecule has 4 nitrogen and oxygen atoms in total. The summed E-state index contributed by atoms with van der Waals surface area (Å²) in [4.78, 5) is 12.1. The van der Waals surface area contributed by atoms with Crippen LogP contribution in [0.3, 0.4) is 0 Å². The van der Waals surface area contributed by atoms with Gasteiger partial charge in [0.2, 0.25) is 0 Å². The van der Waals surface area contributed by atoms with Gasteiger partial charge in [0.25, 0.3) is 0 Å². The third-order valence-corrected chi connectivity index (χ3v) is 7.58.